The summed E-state index contributed by atoms with van der Waals surface area (Å²) in [4.78, 5) is 0. The number of fused-ring (bicyclic) bond motifs is 15. The van der Waals surface area contributed by atoms with E-state index in [4.69, 9.17) is 0 Å². The van der Waals surface area contributed by atoms with E-state index in [1.807, 2.05) is 0 Å². The first kappa shape index (κ1) is 62.3. The first-order valence-electron chi connectivity index (χ1n) is 37.2. The molecule has 18 aromatic carbocycles. The quantitative estimate of drug-likeness (QED) is 0.122. The predicted molar refractivity (Wildman–Crippen MR) is 458 cm³/mol. The van der Waals surface area contributed by atoms with Crippen LogP contribution in [-0.4, -0.2) is 18.3 Å². The van der Waals surface area contributed by atoms with Crippen molar-refractivity contribution in [2.75, 3.05) is 0 Å². The number of hydrogen-bond acceptors (Lipinski definition) is 0. The molecule has 4 heteroatoms. The Hall–Kier alpha value is -14.3. The Labute approximate surface area is 625 Å². The Balaban J connectivity index is 0.000000139. The molecule has 4 nitrogen and oxygen atoms in total. The van der Waals surface area contributed by atoms with E-state index in [1.165, 1.54) is 187 Å². The van der Waals surface area contributed by atoms with Crippen molar-refractivity contribution in [1.29, 1.82) is 0 Å². The zero-order valence-electron chi connectivity index (χ0n) is 59.0. The molecule has 4 aromatic heterocycles. The van der Waals surface area contributed by atoms with Gasteiger partial charge in [0.15, 0.2) is 0 Å². The Morgan fingerprint density at radius 3 is 0.870 bits per heavy atom. The molecule has 0 spiro atoms. The van der Waals surface area contributed by atoms with Gasteiger partial charge in [0.2, 0.25) is 0 Å². The third-order valence-corrected chi connectivity index (χ3v) is 22.2. The van der Waals surface area contributed by atoms with Crippen LogP contribution < -0.4 is 0 Å². The van der Waals surface area contributed by atoms with Gasteiger partial charge in [0.05, 0.1) is 49.8 Å². The zero-order valence-corrected chi connectivity index (χ0v) is 59.0. The van der Waals surface area contributed by atoms with E-state index >= 15 is 0 Å². The molecule has 22 aromatic rings. The Morgan fingerprint density at radius 1 is 0.130 bits per heavy atom. The van der Waals surface area contributed by atoms with Gasteiger partial charge in [0.1, 0.15) is 0 Å². The van der Waals surface area contributed by atoms with Crippen molar-refractivity contribution >= 4 is 109 Å². The van der Waals surface area contributed by atoms with Gasteiger partial charge >= 0.3 is 0 Å². The molecule has 0 saturated carbocycles. The molecule has 0 radical (unpaired) electrons. The summed E-state index contributed by atoms with van der Waals surface area (Å²) in [6.07, 6.45) is 0. The molecule has 0 aliphatic heterocycles. The number of rotatable bonds is 10. The van der Waals surface area contributed by atoms with Gasteiger partial charge in [-0.15, -0.1) is 0 Å². The fraction of sp³-hybridized carbons (Fsp3) is 0. The second kappa shape index (κ2) is 25.8. The van der Waals surface area contributed by atoms with E-state index in [0.717, 1.165) is 11.4 Å². The number of nitrogens with zero attached hydrogens (tertiary/aromatic N) is 4. The highest BCUT2D eigenvalue weighted by atomic mass is 15.0. The highest BCUT2D eigenvalue weighted by Gasteiger charge is 2.22. The molecule has 0 fully saturated rings. The Bertz CT molecular complexity index is 7260. The fourth-order valence-corrected chi connectivity index (χ4v) is 17.3. The average molecular weight is 1370 g/mol. The molecule has 0 aliphatic rings. The van der Waals surface area contributed by atoms with E-state index in [2.05, 4.69) is 431 Å². The van der Waals surface area contributed by atoms with E-state index in [-0.39, 0.29) is 0 Å². The normalized spacial score (nSPS) is 11.7. The molecule has 108 heavy (non-hydrogen) atoms. The third-order valence-electron chi connectivity index (χ3n) is 22.2. The molecular formula is C104H68N4. The summed E-state index contributed by atoms with van der Waals surface area (Å²) < 4.78 is 9.67. The first-order valence-corrected chi connectivity index (χ1v) is 37.2. The molecule has 0 unspecified atom stereocenters. The lowest BCUT2D eigenvalue weighted by atomic mass is 9.94. The van der Waals surface area contributed by atoms with Gasteiger partial charge in [-0.25, -0.2) is 0 Å². The smallest absolute Gasteiger partial charge is 0.0546 e. The molecule has 0 amide bonds. The molecule has 0 saturated heterocycles. The lowest BCUT2D eigenvalue weighted by Gasteiger charge is -2.15. The monoisotopic (exact) mass is 1370 g/mol. The van der Waals surface area contributed by atoms with Crippen molar-refractivity contribution in [1.82, 2.24) is 18.3 Å². The number of aromatic nitrogens is 4. The lowest BCUT2D eigenvalue weighted by molar-refractivity contribution is 1.18. The van der Waals surface area contributed by atoms with Gasteiger partial charge in [0.25, 0.3) is 0 Å². The Morgan fingerprint density at radius 2 is 0.417 bits per heavy atom. The maximum atomic E-state index is 2.46. The summed E-state index contributed by atoms with van der Waals surface area (Å²) >= 11 is 0. The van der Waals surface area contributed by atoms with Crippen LogP contribution in [0.4, 0.5) is 0 Å². The van der Waals surface area contributed by atoms with Crippen molar-refractivity contribution in [3.8, 4) is 89.5 Å². The van der Waals surface area contributed by atoms with Gasteiger partial charge in [-0.1, -0.05) is 297 Å². The number of para-hydroxylation sites is 5. The fourth-order valence-electron chi connectivity index (χ4n) is 17.3. The van der Waals surface area contributed by atoms with Crippen LogP contribution in [-0.2, 0) is 0 Å². The van der Waals surface area contributed by atoms with E-state index < -0.39 is 0 Å². The number of benzene rings is 18. The van der Waals surface area contributed by atoms with Crippen LogP contribution in [0.1, 0.15) is 0 Å². The summed E-state index contributed by atoms with van der Waals surface area (Å²) in [5.41, 5.74) is 28.9. The predicted octanol–water partition coefficient (Wildman–Crippen LogP) is 28.1. The van der Waals surface area contributed by atoms with Crippen LogP contribution in [0.5, 0.6) is 0 Å². The van der Waals surface area contributed by atoms with Gasteiger partial charge in [-0.2, -0.15) is 0 Å². The standard InChI is InChI=1S/C56H36N2.C48H32N2/c1-2-14-37(15-3-1)43-17-6-7-18-44(43)38-26-30-42(31-27-38)57-52-24-12-10-22-48(52)50-34-39(28-32-54(50)57)40-29-33-55-51(35-40)49-23-11-13-25-53(49)58(55)56-36-41-16-4-5-19-45(41)46-20-8-9-21-47(46)56;1-4-14-33(15-5-1)39-27-26-38(32-42(39)34-16-6-2-7-17-34)50-46-23-13-11-21-41(46)44-31-36(25-29-48(44)50)35-24-28-47-43(30-35)40-20-10-12-22-45(40)49(47)37-18-8-3-9-19-37/h1-36H;1-32H. The van der Waals surface area contributed by atoms with Crippen molar-refractivity contribution in [3.05, 3.63) is 413 Å². The maximum absolute atomic E-state index is 2.46. The summed E-state index contributed by atoms with van der Waals surface area (Å²) in [5, 5.41) is 15.1. The van der Waals surface area contributed by atoms with Crippen LogP contribution in [0, 0.1) is 0 Å². The van der Waals surface area contributed by atoms with Gasteiger partial charge in [-0.05, 0) is 198 Å². The van der Waals surface area contributed by atoms with Crippen LogP contribution >= 0.6 is 0 Å². The van der Waals surface area contributed by atoms with Crippen molar-refractivity contribution in [2.24, 2.45) is 0 Å². The van der Waals surface area contributed by atoms with E-state index in [0.29, 0.717) is 0 Å². The summed E-state index contributed by atoms with van der Waals surface area (Å²) in [7, 11) is 0. The zero-order chi connectivity index (χ0) is 71.2. The highest BCUT2D eigenvalue weighted by Crippen LogP contribution is 2.45. The molecule has 0 N–H and O–H groups in total. The maximum Gasteiger partial charge on any atom is 0.0546 e. The average Bonchev–Trinajstić information content (AvgIpc) is 1.56. The highest BCUT2D eigenvalue weighted by molar-refractivity contribution is 6.18. The number of hydrogen-bond donors (Lipinski definition) is 0. The first-order chi connectivity index (χ1) is 53.6. The van der Waals surface area contributed by atoms with Crippen LogP contribution in [0.2, 0.25) is 0 Å². The van der Waals surface area contributed by atoms with Gasteiger partial charge in [-0.3, -0.25) is 0 Å². The topological polar surface area (TPSA) is 19.7 Å². The van der Waals surface area contributed by atoms with Crippen molar-refractivity contribution < 1.29 is 0 Å². The van der Waals surface area contributed by atoms with Crippen LogP contribution in [0.3, 0.4) is 0 Å². The van der Waals surface area contributed by atoms with E-state index in [1.54, 1.807) is 0 Å². The SMILES string of the molecule is c1ccc(-c2ccc(-n3c4ccccc4c4cc(-c5ccc6c(c5)c5ccccc5n6-c5ccccc5)ccc43)cc2-c2ccccc2)cc1.c1ccc(-c2ccccc2-c2ccc(-n3c4ccccc4c4cc(-c5ccc6c(c5)c5ccccc5n6-c5cc6ccccc6c6ccccc56)ccc43)cc2)cc1. The van der Waals surface area contributed by atoms with Gasteiger partial charge in [0, 0.05) is 65.5 Å². The molecule has 0 bridgehead atoms. The summed E-state index contributed by atoms with van der Waals surface area (Å²) in [6, 6.07) is 150. The Kier molecular flexibility index (Phi) is 14.9. The molecule has 4 heterocycles. The molecular weight excluding hydrogens is 1310 g/mol. The van der Waals surface area contributed by atoms with Crippen LogP contribution in [0.15, 0.2) is 413 Å². The second-order valence-corrected chi connectivity index (χ2v) is 28.3. The minimum absolute atomic E-state index is 1.15. The third kappa shape index (κ3) is 10.4. The summed E-state index contributed by atoms with van der Waals surface area (Å²) in [5.74, 6) is 0. The molecule has 504 valence electrons. The molecule has 0 aliphatic carbocycles. The van der Waals surface area contributed by atoms with Crippen molar-refractivity contribution in [2.45, 2.75) is 0 Å². The minimum atomic E-state index is 1.15. The van der Waals surface area contributed by atoms with E-state index in [9.17, 15) is 0 Å². The second-order valence-electron chi connectivity index (χ2n) is 28.3. The lowest BCUT2D eigenvalue weighted by Crippen LogP contribution is -1.96. The van der Waals surface area contributed by atoms with Gasteiger partial charge < -0.3 is 18.3 Å². The largest absolute Gasteiger partial charge is 0.309 e. The minimum Gasteiger partial charge on any atom is -0.309 e. The van der Waals surface area contributed by atoms with Crippen molar-refractivity contribution in [3.63, 3.8) is 0 Å². The summed E-state index contributed by atoms with van der Waals surface area (Å²) in [6.45, 7) is 0. The molecule has 22 rings (SSSR count). The molecule has 0 atom stereocenters. The van der Waals surface area contributed by atoms with Crippen LogP contribution in [0.25, 0.3) is 198 Å².